The van der Waals surface area contributed by atoms with Gasteiger partial charge in [0.25, 0.3) is 0 Å². The molecule has 0 saturated carbocycles. The zero-order valence-corrected chi connectivity index (χ0v) is 46.3. The first-order valence-electron chi connectivity index (χ1n) is 30.5. The van der Waals surface area contributed by atoms with E-state index in [1.54, 1.807) is 0 Å². The zero-order valence-electron chi connectivity index (χ0n) is 46.3. The number of hydrogen-bond acceptors (Lipinski definition) is 6. The van der Waals surface area contributed by atoms with Crippen molar-refractivity contribution in [3.8, 4) is 0 Å². The molecule has 0 N–H and O–H groups in total. The van der Waals surface area contributed by atoms with Crippen LogP contribution in [0.2, 0.25) is 0 Å². The number of carbonyl (C=O) groups excluding carboxylic acids is 3. The third-order valence-electron chi connectivity index (χ3n) is 13.6. The first kappa shape index (κ1) is 66.6. The summed E-state index contributed by atoms with van der Waals surface area (Å²) in [5, 5.41) is 0. The third-order valence-corrected chi connectivity index (χ3v) is 13.6. The summed E-state index contributed by atoms with van der Waals surface area (Å²) in [6.07, 6.45) is 69.9. The molecule has 0 aromatic heterocycles. The van der Waals surface area contributed by atoms with E-state index in [-0.39, 0.29) is 31.1 Å². The maximum Gasteiger partial charge on any atom is 0.306 e. The summed E-state index contributed by atoms with van der Waals surface area (Å²) in [7, 11) is 0. The summed E-state index contributed by atoms with van der Waals surface area (Å²) in [4.78, 5) is 38.2. The van der Waals surface area contributed by atoms with E-state index in [0.29, 0.717) is 19.3 Å². The zero-order chi connectivity index (χ0) is 50.0. The van der Waals surface area contributed by atoms with Gasteiger partial charge in [-0.05, 0) is 57.8 Å². The predicted molar refractivity (Wildman–Crippen MR) is 298 cm³/mol. The second-order valence-electron chi connectivity index (χ2n) is 20.6. The predicted octanol–water partition coefficient (Wildman–Crippen LogP) is 20.4. The molecule has 1 atom stereocenters. The molecule has 0 aromatic carbocycles. The average Bonchev–Trinajstić information content (AvgIpc) is 3.35. The van der Waals surface area contributed by atoms with Gasteiger partial charge in [0.2, 0.25) is 0 Å². The van der Waals surface area contributed by atoms with Gasteiger partial charge in [0.05, 0.1) is 0 Å². The molecule has 0 bridgehead atoms. The Morgan fingerprint density at radius 3 is 0.841 bits per heavy atom. The lowest BCUT2D eigenvalue weighted by Gasteiger charge is -2.18. The Kier molecular flexibility index (Phi) is 56.2. The smallest absolute Gasteiger partial charge is 0.306 e. The van der Waals surface area contributed by atoms with Crippen molar-refractivity contribution in [3.63, 3.8) is 0 Å². The first-order valence-corrected chi connectivity index (χ1v) is 30.5. The molecule has 0 aliphatic rings. The minimum atomic E-state index is -0.777. The van der Waals surface area contributed by atoms with E-state index >= 15 is 0 Å². The molecule has 0 fully saturated rings. The SMILES string of the molecule is CCCCC/C=C\C/C=C\C/C=C\CCCCCCC(=O)OC[C@H](COC(=O)CCCCCCCCCCCCCCCCC)OC(=O)CCCCCCCCCCCCCCCCCCCCC. The van der Waals surface area contributed by atoms with Crippen molar-refractivity contribution in [1.82, 2.24) is 0 Å². The summed E-state index contributed by atoms with van der Waals surface area (Å²) >= 11 is 0. The van der Waals surface area contributed by atoms with Crippen molar-refractivity contribution in [2.45, 2.75) is 335 Å². The Hall–Kier alpha value is -2.37. The standard InChI is InChI=1S/C63H116O6/c1-4-7-10-13-16-19-22-25-28-30-31-33-36-39-42-45-48-51-54-57-63(66)69-60(58-67-61(64)55-52-49-46-43-40-37-34-27-24-21-18-15-12-9-6-3)59-68-62(65)56-53-50-47-44-41-38-35-32-29-26-23-20-17-14-11-8-5-2/h17,20,26,29,35,38,60H,4-16,18-19,21-25,27-28,30-34,36-37,39-59H2,1-3H3/b20-17-,29-26-,38-35-/t60-/m0/s1. The Morgan fingerprint density at radius 1 is 0.290 bits per heavy atom. The van der Waals surface area contributed by atoms with Gasteiger partial charge in [0.1, 0.15) is 13.2 Å². The van der Waals surface area contributed by atoms with Gasteiger partial charge in [0, 0.05) is 19.3 Å². The second kappa shape index (κ2) is 58.2. The van der Waals surface area contributed by atoms with Crippen molar-refractivity contribution in [3.05, 3.63) is 36.5 Å². The van der Waals surface area contributed by atoms with Crippen LogP contribution >= 0.6 is 0 Å². The molecule has 0 rings (SSSR count). The third kappa shape index (κ3) is 56.4. The van der Waals surface area contributed by atoms with Crippen LogP contribution in [0, 0.1) is 0 Å². The highest BCUT2D eigenvalue weighted by Gasteiger charge is 2.19. The fourth-order valence-electron chi connectivity index (χ4n) is 9.04. The van der Waals surface area contributed by atoms with Crippen LogP contribution < -0.4 is 0 Å². The lowest BCUT2D eigenvalue weighted by molar-refractivity contribution is -0.167. The van der Waals surface area contributed by atoms with Gasteiger partial charge in [0.15, 0.2) is 6.10 Å². The maximum atomic E-state index is 12.9. The summed E-state index contributed by atoms with van der Waals surface area (Å²) in [6, 6.07) is 0. The first-order chi connectivity index (χ1) is 34.0. The van der Waals surface area contributed by atoms with Gasteiger partial charge >= 0.3 is 17.9 Å². The number of esters is 3. The molecular formula is C63H116O6. The van der Waals surface area contributed by atoms with Gasteiger partial charge in [-0.3, -0.25) is 14.4 Å². The fraction of sp³-hybridized carbons (Fsp3) is 0.857. The molecule has 0 unspecified atom stereocenters. The molecule has 69 heavy (non-hydrogen) atoms. The summed E-state index contributed by atoms with van der Waals surface area (Å²) in [6.45, 7) is 6.65. The van der Waals surface area contributed by atoms with E-state index < -0.39 is 6.10 Å². The molecule has 0 radical (unpaired) electrons. The highest BCUT2D eigenvalue weighted by atomic mass is 16.6. The monoisotopic (exact) mass is 969 g/mol. The topological polar surface area (TPSA) is 78.9 Å². The Labute approximate surface area is 429 Å². The Bertz CT molecular complexity index is 1160. The fourth-order valence-corrected chi connectivity index (χ4v) is 9.04. The van der Waals surface area contributed by atoms with Crippen LogP contribution in [0.1, 0.15) is 329 Å². The molecule has 0 heterocycles. The van der Waals surface area contributed by atoms with Crippen LogP contribution in [0.5, 0.6) is 0 Å². The molecule has 0 aromatic rings. The Morgan fingerprint density at radius 2 is 0.522 bits per heavy atom. The lowest BCUT2D eigenvalue weighted by atomic mass is 10.0. The van der Waals surface area contributed by atoms with Gasteiger partial charge in [-0.1, -0.05) is 288 Å². The van der Waals surface area contributed by atoms with E-state index in [1.807, 2.05) is 0 Å². The highest BCUT2D eigenvalue weighted by Crippen LogP contribution is 2.17. The summed E-state index contributed by atoms with van der Waals surface area (Å²) in [5.74, 6) is -0.874. The van der Waals surface area contributed by atoms with E-state index in [0.717, 1.165) is 83.5 Å². The largest absolute Gasteiger partial charge is 0.462 e. The summed E-state index contributed by atoms with van der Waals surface area (Å²) < 4.78 is 16.9. The molecule has 6 heteroatoms. The van der Waals surface area contributed by atoms with Crippen molar-refractivity contribution in [2.24, 2.45) is 0 Å². The van der Waals surface area contributed by atoms with E-state index in [4.69, 9.17) is 14.2 Å². The quantitative estimate of drug-likeness (QED) is 0.0261. The van der Waals surface area contributed by atoms with Gasteiger partial charge < -0.3 is 14.2 Å². The van der Waals surface area contributed by atoms with Gasteiger partial charge in [-0.25, -0.2) is 0 Å². The molecule has 0 aliphatic carbocycles. The molecule has 6 nitrogen and oxygen atoms in total. The van der Waals surface area contributed by atoms with E-state index in [1.165, 1.54) is 205 Å². The molecular weight excluding hydrogens is 853 g/mol. The minimum absolute atomic E-state index is 0.0741. The van der Waals surface area contributed by atoms with Gasteiger partial charge in [-0.15, -0.1) is 0 Å². The summed E-state index contributed by atoms with van der Waals surface area (Å²) in [5.41, 5.74) is 0. The molecule has 0 amide bonds. The number of allylic oxidation sites excluding steroid dienone is 6. The molecule has 404 valence electrons. The van der Waals surface area contributed by atoms with Crippen LogP contribution in [0.3, 0.4) is 0 Å². The second-order valence-corrected chi connectivity index (χ2v) is 20.6. The molecule has 0 spiro atoms. The van der Waals surface area contributed by atoms with Crippen LogP contribution in [-0.2, 0) is 28.6 Å². The number of unbranched alkanes of at least 4 members (excludes halogenated alkanes) is 39. The van der Waals surface area contributed by atoms with Crippen molar-refractivity contribution in [1.29, 1.82) is 0 Å². The van der Waals surface area contributed by atoms with Crippen LogP contribution in [0.25, 0.3) is 0 Å². The number of ether oxygens (including phenoxy) is 3. The number of carbonyl (C=O) groups is 3. The van der Waals surface area contributed by atoms with E-state index in [2.05, 4.69) is 57.2 Å². The van der Waals surface area contributed by atoms with Crippen LogP contribution in [0.15, 0.2) is 36.5 Å². The normalized spacial score (nSPS) is 12.2. The van der Waals surface area contributed by atoms with Crippen molar-refractivity contribution < 1.29 is 28.6 Å². The molecule has 0 saturated heterocycles. The van der Waals surface area contributed by atoms with Crippen molar-refractivity contribution in [2.75, 3.05) is 13.2 Å². The number of hydrogen-bond donors (Lipinski definition) is 0. The Balaban J connectivity index is 4.36. The maximum absolute atomic E-state index is 12.9. The van der Waals surface area contributed by atoms with Gasteiger partial charge in [-0.2, -0.15) is 0 Å². The lowest BCUT2D eigenvalue weighted by Crippen LogP contribution is -2.30. The van der Waals surface area contributed by atoms with E-state index in [9.17, 15) is 14.4 Å². The minimum Gasteiger partial charge on any atom is -0.462 e. The van der Waals surface area contributed by atoms with Crippen LogP contribution in [0.4, 0.5) is 0 Å². The average molecular weight is 970 g/mol. The van der Waals surface area contributed by atoms with Crippen molar-refractivity contribution >= 4 is 17.9 Å². The number of rotatable bonds is 56. The van der Waals surface area contributed by atoms with Crippen LogP contribution in [-0.4, -0.2) is 37.2 Å². The highest BCUT2D eigenvalue weighted by molar-refractivity contribution is 5.71. The molecule has 0 aliphatic heterocycles.